The van der Waals surface area contributed by atoms with Crippen LogP contribution in [0.1, 0.15) is 50.5 Å². The second-order valence-corrected chi connectivity index (χ2v) is 9.04. The molecule has 2 heterocycles. The SMILES string of the molecule is Cc1c(N2CCC3(CCC[C@@H]3N)CC2)nc(N)n(C2=C(Cl)C(Cl)=CCC2)c1=O. The molecule has 8 heteroatoms. The summed E-state index contributed by atoms with van der Waals surface area (Å²) in [6.45, 7) is 3.51. The van der Waals surface area contributed by atoms with E-state index >= 15 is 0 Å². The van der Waals surface area contributed by atoms with Crippen molar-refractivity contribution >= 4 is 40.7 Å². The molecule has 0 aromatic carbocycles. The number of piperidine rings is 1. The number of anilines is 2. The summed E-state index contributed by atoms with van der Waals surface area (Å²) in [6.07, 6.45) is 8.78. The predicted octanol–water partition coefficient (Wildman–Crippen LogP) is 3.56. The van der Waals surface area contributed by atoms with Gasteiger partial charge in [0.2, 0.25) is 5.95 Å². The highest BCUT2D eigenvalue weighted by atomic mass is 35.5. The van der Waals surface area contributed by atoms with E-state index in [1.54, 1.807) is 6.92 Å². The molecule has 1 spiro atoms. The number of halogens is 2. The lowest BCUT2D eigenvalue weighted by atomic mass is 9.74. The topological polar surface area (TPSA) is 90.2 Å². The molecule has 0 bridgehead atoms. The number of nitrogens with two attached hydrogens (primary N) is 2. The number of rotatable bonds is 2. The lowest BCUT2D eigenvalue weighted by molar-refractivity contribution is 0.197. The third-order valence-electron chi connectivity index (χ3n) is 6.78. The molecule has 1 aromatic heterocycles. The average molecular weight is 424 g/mol. The van der Waals surface area contributed by atoms with Gasteiger partial charge in [-0.15, -0.1) is 0 Å². The minimum absolute atomic E-state index is 0.156. The predicted molar refractivity (Wildman–Crippen MR) is 116 cm³/mol. The smallest absolute Gasteiger partial charge is 0.264 e. The molecular weight excluding hydrogens is 397 g/mol. The molecule has 0 radical (unpaired) electrons. The second kappa shape index (κ2) is 7.39. The van der Waals surface area contributed by atoms with Crippen LogP contribution in [0.5, 0.6) is 0 Å². The van der Waals surface area contributed by atoms with Crippen LogP contribution >= 0.6 is 23.2 Å². The first kappa shape index (κ1) is 19.8. The van der Waals surface area contributed by atoms with Crippen LogP contribution in [0.2, 0.25) is 0 Å². The van der Waals surface area contributed by atoms with Crippen molar-refractivity contribution in [1.29, 1.82) is 0 Å². The number of nitrogen functional groups attached to an aromatic ring is 1. The summed E-state index contributed by atoms with van der Waals surface area (Å²) in [6, 6.07) is 0.292. The van der Waals surface area contributed by atoms with E-state index < -0.39 is 0 Å². The van der Waals surface area contributed by atoms with Gasteiger partial charge in [-0.1, -0.05) is 35.7 Å². The monoisotopic (exact) mass is 423 g/mol. The van der Waals surface area contributed by atoms with Crippen molar-refractivity contribution in [3.05, 3.63) is 32.1 Å². The lowest BCUT2D eigenvalue weighted by Gasteiger charge is -2.42. The van der Waals surface area contributed by atoms with E-state index in [1.807, 2.05) is 6.08 Å². The Morgan fingerprint density at radius 3 is 2.61 bits per heavy atom. The molecule has 2 aliphatic carbocycles. The van der Waals surface area contributed by atoms with Gasteiger partial charge in [-0.3, -0.25) is 4.79 Å². The zero-order valence-corrected chi connectivity index (χ0v) is 17.7. The summed E-state index contributed by atoms with van der Waals surface area (Å²) in [5.74, 6) is 0.831. The molecule has 152 valence electrons. The van der Waals surface area contributed by atoms with Crippen LogP contribution in [-0.4, -0.2) is 28.7 Å². The molecule has 2 fully saturated rings. The highest BCUT2D eigenvalue weighted by Crippen LogP contribution is 2.46. The minimum Gasteiger partial charge on any atom is -0.369 e. The Morgan fingerprint density at radius 1 is 1.25 bits per heavy atom. The second-order valence-electron chi connectivity index (χ2n) is 8.26. The molecule has 1 saturated heterocycles. The summed E-state index contributed by atoms with van der Waals surface area (Å²) >= 11 is 12.5. The average Bonchev–Trinajstić information content (AvgIpc) is 3.02. The highest BCUT2D eigenvalue weighted by molar-refractivity contribution is 6.45. The molecule has 1 aliphatic heterocycles. The molecule has 1 atom stereocenters. The molecule has 1 aromatic rings. The van der Waals surface area contributed by atoms with Crippen LogP contribution in [0.25, 0.3) is 5.70 Å². The van der Waals surface area contributed by atoms with E-state index in [2.05, 4.69) is 9.88 Å². The van der Waals surface area contributed by atoms with E-state index in [-0.39, 0.29) is 16.9 Å². The maximum Gasteiger partial charge on any atom is 0.264 e. The molecule has 4 rings (SSSR count). The highest BCUT2D eigenvalue weighted by Gasteiger charge is 2.43. The van der Waals surface area contributed by atoms with Crippen molar-refractivity contribution in [3.63, 3.8) is 0 Å². The van der Waals surface area contributed by atoms with Crippen molar-refractivity contribution in [2.45, 2.75) is 57.9 Å². The third-order valence-corrected chi connectivity index (χ3v) is 7.64. The quantitative estimate of drug-likeness (QED) is 0.758. The van der Waals surface area contributed by atoms with Gasteiger partial charge in [0, 0.05) is 24.8 Å². The number of hydrogen-bond acceptors (Lipinski definition) is 5. The maximum absolute atomic E-state index is 13.1. The number of aromatic nitrogens is 2. The van der Waals surface area contributed by atoms with Gasteiger partial charge in [0.1, 0.15) is 5.82 Å². The van der Waals surface area contributed by atoms with Crippen LogP contribution in [0.3, 0.4) is 0 Å². The molecule has 6 nitrogen and oxygen atoms in total. The van der Waals surface area contributed by atoms with Crippen molar-refractivity contribution in [3.8, 4) is 0 Å². The van der Waals surface area contributed by atoms with Gasteiger partial charge >= 0.3 is 0 Å². The van der Waals surface area contributed by atoms with Gasteiger partial charge in [-0.25, -0.2) is 4.57 Å². The van der Waals surface area contributed by atoms with E-state index in [4.69, 9.17) is 34.7 Å². The number of allylic oxidation sites excluding steroid dienone is 4. The summed E-state index contributed by atoms with van der Waals surface area (Å²) < 4.78 is 1.41. The Hall–Kier alpha value is -1.50. The van der Waals surface area contributed by atoms with E-state index in [0.717, 1.165) is 32.4 Å². The summed E-state index contributed by atoms with van der Waals surface area (Å²) in [4.78, 5) is 19.9. The summed E-state index contributed by atoms with van der Waals surface area (Å²) in [5.41, 5.74) is 13.9. The molecular formula is C20H27Cl2N5O. The van der Waals surface area contributed by atoms with Gasteiger partial charge in [0.15, 0.2) is 0 Å². The fraction of sp³-hybridized carbons (Fsp3) is 0.600. The van der Waals surface area contributed by atoms with Crippen molar-refractivity contribution < 1.29 is 0 Å². The number of nitrogens with zero attached hydrogens (tertiary/aromatic N) is 3. The van der Waals surface area contributed by atoms with Gasteiger partial charge < -0.3 is 16.4 Å². The summed E-state index contributed by atoms with van der Waals surface area (Å²) in [5, 5.41) is 0.816. The summed E-state index contributed by atoms with van der Waals surface area (Å²) in [7, 11) is 0. The normalized spacial score (nSPS) is 24.8. The maximum atomic E-state index is 13.1. The molecule has 0 unspecified atom stereocenters. The molecule has 3 aliphatic rings. The van der Waals surface area contributed by atoms with Crippen molar-refractivity contribution in [2.75, 3.05) is 23.7 Å². The van der Waals surface area contributed by atoms with Crippen LogP contribution in [0.4, 0.5) is 11.8 Å². The van der Waals surface area contributed by atoms with E-state index in [1.165, 1.54) is 17.4 Å². The first-order valence-electron chi connectivity index (χ1n) is 9.99. The third kappa shape index (κ3) is 3.15. The first-order chi connectivity index (χ1) is 13.3. The Bertz CT molecular complexity index is 912. The first-order valence-corrected chi connectivity index (χ1v) is 10.7. The fourth-order valence-corrected chi connectivity index (χ4v) is 5.49. The van der Waals surface area contributed by atoms with E-state index in [9.17, 15) is 4.79 Å². The zero-order valence-electron chi connectivity index (χ0n) is 16.2. The van der Waals surface area contributed by atoms with Crippen molar-refractivity contribution in [2.24, 2.45) is 11.1 Å². The van der Waals surface area contributed by atoms with Crippen LogP contribution in [0, 0.1) is 12.3 Å². The van der Waals surface area contributed by atoms with Gasteiger partial charge in [-0.05, 0) is 50.9 Å². The Kier molecular flexibility index (Phi) is 5.23. The molecule has 28 heavy (non-hydrogen) atoms. The van der Waals surface area contributed by atoms with E-state index in [0.29, 0.717) is 46.0 Å². The van der Waals surface area contributed by atoms with Gasteiger partial charge in [-0.2, -0.15) is 4.98 Å². The standard InChI is InChI=1S/C20H27Cl2N5O/c1-12-17(26-10-8-20(9-11-26)7-3-6-15(20)23)25-19(24)27(18(12)28)14-5-2-4-13(21)16(14)22/h4,15H,2-3,5-11,23H2,1H3,(H2,24,25)/t15-/m0/s1. The van der Waals surface area contributed by atoms with Gasteiger partial charge in [0.25, 0.3) is 5.56 Å². The minimum atomic E-state index is -0.181. The largest absolute Gasteiger partial charge is 0.369 e. The molecule has 0 amide bonds. The lowest BCUT2D eigenvalue weighted by Crippen LogP contribution is -2.47. The fourth-order valence-electron chi connectivity index (χ4n) is 5.01. The Morgan fingerprint density at radius 2 is 1.96 bits per heavy atom. The number of hydrogen-bond donors (Lipinski definition) is 2. The van der Waals surface area contributed by atoms with Crippen LogP contribution in [0.15, 0.2) is 20.9 Å². The zero-order chi connectivity index (χ0) is 20.1. The van der Waals surface area contributed by atoms with Crippen LogP contribution in [-0.2, 0) is 0 Å². The Balaban J connectivity index is 1.65. The van der Waals surface area contributed by atoms with Crippen LogP contribution < -0.4 is 21.9 Å². The molecule has 4 N–H and O–H groups in total. The van der Waals surface area contributed by atoms with Crippen molar-refractivity contribution in [1.82, 2.24) is 9.55 Å². The molecule has 1 saturated carbocycles. The van der Waals surface area contributed by atoms with Gasteiger partial charge in [0.05, 0.1) is 15.6 Å². The Labute approximate surface area is 175 Å².